The number of imidazole rings is 1. The lowest BCUT2D eigenvalue weighted by Gasteiger charge is -2.56. The largest absolute Gasteiger partial charge is 0.339 e. The third-order valence-electron chi connectivity index (χ3n) is 6.31. The van der Waals surface area contributed by atoms with Crippen LogP contribution >= 0.6 is 0 Å². The van der Waals surface area contributed by atoms with Crippen LogP contribution in [0.2, 0.25) is 0 Å². The van der Waals surface area contributed by atoms with Crippen molar-refractivity contribution in [1.82, 2.24) is 9.38 Å². The highest BCUT2D eigenvalue weighted by molar-refractivity contribution is 5.80. The summed E-state index contributed by atoms with van der Waals surface area (Å²) in [4.78, 5) is 5.01. The summed E-state index contributed by atoms with van der Waals surface area (Å²) >= 11 is 0. The molecule has 1 N–H and O–H groups in total. The minimum atomic E-state index is 0.393. The number of rotatable bonds is 3. The topological polar surface area (TPSA) is 29.3 Å². The molecule has 0 spiro atoms. The predicted molar refractivity (Wildman–Crippen MR) is 103 cm³/mol. The van der Waals surface area contributed by atoms with E-state index in [1.807, 2.05) is 6.07 Å². The van der Waals surface area contributed by atoms with E-state index in [1.165, 1.54) is 18.4 Å². The minimum absolute atomic E-state index is 0.393. The Hall–Kier alpha value is -2.55. The molecule has 0 amide bonds. The van der Waals surface area contributed by atoms with Crippen molar-refractivity contribution in [2.75, 3.05) is 5.32 Å². The predicted octanol–water partition coefficient (Wildman–Crippen LogP) is 5.53. The van der Waals surface area contributed by atoms with Gasteiger partial charge in [-0.25, -0.2) is 4.98 Å². The number of benzene rings is 1. The molecule has 0 saturated heterocycles. The Morgan fingerprint density at radius 1 is 1.08 bits per heavy atom. The Kier molecular flexibility index (Phi) is 3.08. The summed E-state index contributed by atoms with van der Waals surface area (Å²) in [7, 11) is 0. The van der Waals surface area contributed by atoms with Crippen LogP contribution in [0.4, 0.5) is 11.5 Å². The molecule has 0 aliphatic heterocycles. The van der Waals surface area contributed by atoms with Crippen molar-refractivity contribution >= 4 is 22.7 Å². The van der Waals surface area contributed by atoms with Crippen LogP contribution in [0.3, 0.4) is 0 Å². The Morgan fingerprint density at radius 3 is 2.64 bits per heavy atom. The van der Waals surface area contributed by atoms with E-state index >= 15 is 0 Å². The Balaban J connectivity index is 1.66. The van der Waals surface area contributed by atoms with Gasteiger partial charge in [0.05, 0.1) is 0 Å². The molecule has 2 atom stereocenters. The van der Waals surface area contributed by atoms with Gasteiger partial charge in [-0.1, -0.05) is 44.2 Å². The lowest BCUT2D eigenvalue weighted by molar-refractivity contribution is 0.0111. The first-order chi connectivity index (χ1) is 12.1. The van der Waals surface area contributed by atoms with Crippen LogP contribution in [0.5, 0.6) is 0 Å². The molecule has 3 aliphatic rings. The van der Waals surface area contributed by atoms with Crippen molar-refractivity contribution in [1.29, 1.82) is 0 Å². The van der Waals surface area contributed by atoms with Gasteiger partial charge in [-0.3, -0.25) is 4.40 Å². The third kappa shape index (κ3) is 2.15. The maximum atomic E-state index is 5.01. The summed E-state index contributed by atoms with van der Waals surface area (Å²) in [5, 5.41) is 3.62. The van der Waals surface area contributed by atoms with Crippen LogP contribution in [0, 0.1) is 17.3 Å². The van der Waals surface area contributed by atoms with Gasteiger partial charge in [-0.15, -0.1) is 0 Å². The Labute approximate surface area is 148 Å². The fraction of sp³-hybridized carbons (Fsp3) is 0.318. The van der Waals surface area contributed by atoms with Crippen molar-refractivity contribution in [3.8, 4) is 0 Å². The van der Waals surface area contributed by atoms with Gasteiger partial charge in [0.15, 0.2) is 0 Å². The number of anilines is 2. The molecule has 126 valence electrons. The highest BCUT2D eigenvalue weighted by atomic mass is 15.1. The molecule has 3 aromatic rings. The van der Waals surface area contributed by atoms with Crippen LogP contribution in [-0.2, 0) is 0 Å². The first-order valence-corrected chi connectivity index (χ1v) is 9.14. The van der Waals surface area contributed by atoms with Gasteiger partial charge in [0.1, 0.15) is 17.2 Å². The smallest absolute Gasteiger partial charge is 0.142 e. The van der Waals surface area contributed by atoms with E-state index in [2.05, 4.69) is 78.3 Å². The fourth-order valence-electron chi connectivity index (χ4n) is 4.59. The number of fused-ring (bicyclic) bond motifs is 2. The highest BCUT2D eigenvalue weighted by Gasteiger charge is 2.52. The lowest BCUT2D eigenvalue weighted by atomic mass is 9.48. The number of hydrogen-bond donors (Lipinski definition) is 1. The number of aromatic nitrogens is 2. The number of para-hydroxylation sites is 1. The van der Waals surface area contributed by atoms with Gasteiger partial charge in [0.2, 0.25) is 0 Å². The molecule has 2 unspecified atom stereocenters. The van der Waals surface area contributed by atoms with Crippen LogP contribution in [0.15, 0.2) is 60.8 Å². The average molecular weight is 329 g/mol. The molecule has 1 saturated carbocycles. The summed E-state index contributed by atoms with van der Waals surface area (Å²) in [5.41, 5.74) is 5.03. The van der Waals surface area contributed by atoms with E-state index in [9.17, 15) is 0 Å². The second-order valence-corrected chi connectivity index (χ2v) is 7.93. The van der Waals surface area contributed by atoms with Gasteiger partial charge in [0.25, 0.3) is 0 Å². The van der Waals surface area contributed by atoms with Crippen LogP contribution in [-0.4, -0.2) is 9.38 Å². The Morgan fingerprint density at radius 2 is 1.88 bits per heavy atom. The molecule has 2 bridgehead atoms. The van der Waals surface area contributed by atoms with E-state index in [0.29, 0.717) is 11.3 Å². The van der Waals surface area contributed by atoms with Gasteiger partial charge in [-0.05, 0) is 59.9 Å². The van der Waals surface area contributed by atoms with E-state index in [0.717, 1.165) is 28.8 Å². The van der Waals surface area contributed by atoms with Gasteiger partial charge >= 0.3 is 0 Å². The second-order valence-electron chi connectivity index (χ2n) is 7.93. The molecule has 0 radical (unpaired) electrons. The normalized spacial score (nSPS) is 23.8. The first kappa shape index (κ1) is 14.8. The lowest BCUT2D eigenvalue weighted by Crippen LogP contribution is -2.47. The molecule has 3 nitrogen and oxygen atoms in total. The fourth-order valence-corrected chi connectivity index (χ4v) is 4.59. The molecular weight excluding hydrogens is 306 g/mol. The van der Waals surface area contributed by atoms with Crippen LogP contribution < -0.4 is 5.32 Å². The monoisotopic (exact) mass is 329 g/mol. The van der Waals surface area contributed by atoms with Gasteiger partial charge in [-0.2, -0.15) is 0 Å². The van der Waals surface area contributed by atoms with Crippen molar-refractivity contribution in [2.24, 2.45) is 17.3 Å². The summed E-state index contributed by atoms with van der Waals surface area (Å²) in [5.74, 6) is 2.53. The number of pyridine rings is 1. The Bertz CT molecular complexity index is 965. The number of allylic oxidation sites excluding steroid dienone is 2. The van der Waals surface area contributed by atoms with Crippen molar-refractivity contribution in [3.05, 3.63) is 66.5 Å². The van der Waals surface area contributed by atoms with E-state index < -0.39 is 0 Å². The molecule has 1 aromatic carbocycles. The van der Waals surface area contributed by atoms with Crippen LogP contribution in [0.25, 0.3) is 11.2 Å². The van der Waals surface area contributed by atoms with Crippen molar-refractivity contribution in [2.45, 2.75) is 26.7 Å². The first-order valence-electron chi connectivity index (χ1n) is 9.14. The summed E-state index contributed by atoms with van der Waals surface area (Å²) in [6, 6.07) is 16.6. The van der Waals surface area contributed by atoms with E-state index in [-0.39, 0.29) is 0 Å². The highest BCUT2D eigenvalue weighted by Crippen LogP contribution is 2.61. The summed E-state index contributed by atoms with van der Waals surface area (Å²) < 4.78 is 2.17. The summed E-state index contributed by atoms with van der Waals surface area (Å²) in [6.45, 7) is 4.83. The number of nitrogens with one attached hydrogen (secondary N) is 1. The second kappa shape index (κ2) is 5.22. The molecule has 3 aliphatic carbocycles. The maximum Gasteiger partial charge on any atom is 0.142 e. The molecule has 2 aromatic heterocycles. The molecule has 1 fully saturated rings. The summed E-state index contributed by atoms with van der Waals surface area (Å²) in [6.07, 6.45) is 7.01. The quantitative estimate of drug-likeness (QED) is 0.685. The molecule has 2 heterocycles. The maximum absolute atomic E-state index is 5.01. The molecular formula is C22H23N3. The zero-order chi connectivity index (χ0) is 17.0. The zero-order valence-electron chi connectivity index (χ0n) is 14.7. The minimum Gasteiger partial charge on any atom is -0.339 e. The zero-order valence-corrected chi connectivity index (χ0v) is 14.7. The number of nitrogens with zero attached hydrogens (tertiary/aromatic N) is 2. The standard InChI is InChI=1S/C22H23N3/c1-22(2)15-11-12-17(18(22)14-15)20-21(23-16-8-4-3-5-9-16)25-13-7-6-10-19(25)24-20/h3-10,12-13,15,18,23H,11,14H2,1-2H3. The average Bonchev–Trinajstić information content (AvgIpc) is 3.01. The van der Waals surface area contributed by atoms with Gasteiger partial charge < -0.3 is 5.32 Å². The molecule has 6 rings (SSSR count). The number of hydrogen-bond acceptors (Lipinski definition) is 2. The SMILES string of the molecule is CC1(C)C2CC=C(c3nc4ccccn4c3Nc3ccccc3)C1C2. The molecule has 25 heavy (non-hydrogen) atoms. The van der Waals surface area contributed by atoms with Crippen LogP contribution in [0.1, 0.15) is 32.4 Å². The van der Waals surface area contributed by atoms with Crippen molar-refractivity contribution in [3.63, 3.8) is 0 Å². The van der Waals surface area contributed by atoms with E-state index in [1.54, 1.807) is 0 Å². The van der Waals surface area contributed by atoms with Crippen molar-refractivity contribution < 1.29 is 0 Å². The van der Waals surface area contributed by atoms with Gasteiger partial charge in [0, 0.05) is 11.9 Å². The van der Waals surface area contributed by atoms with E-state index in [4.69, 9.17) is 4.98 Å². The molecule has 3 heteroatoms. The third-order valence-corrected chi connectivity index (χ3v) is 6.31.